The largest absolute Gasteiger partial charge is 0.345 e. The first-order valence-electron chi connectivity index (χ1n) is 9.38. The van der Waals surface area contributed by atoms with Crippen molar-refractivity contribution in [3.05, 3.63) is 87.7 Å². The summed E-state index contributed by atoms with van der Waals surface area (Å²) in [6.07, 6.45) is 4.18. The molecule has 1 amide bonds. The molecule has 1 unspecified atom stereocenters. The van der Waals surface area contributed by atoms with Gasteiger partial charge < -0.3 is 10.2 Å². The smallest absolute Gasteiger partial charge is 0.251 e. The number of carbonyl (C=O) groups excluding carboxylic acids is 1. The average Bonchev–Trinajstić information content (AvgIpc) is 3.11. The number of aromatic nitrogens is 2. The minimum absolute atomic E-state index is 0.0898. The third-order valence-electron chi connectivity index (χ3n) is 4.61. The fourth-order valence-electron chi connectivity index (χ4n) is 3.02. The van der Waals surface area contributed by atoms with Gasteiger partial charge in [-0.2, -0.15) is 5.10 Å². The van der Waals surface area contributed by atoms with Crippen molar-refractivity contribution in [2.75, 3.05) is 20.6 Å². The number of nitrogens with one attached hydrogen (secondary N) is 1. The van der Waals surface area contributed by atoms with Crippen LogP contribution in [0.25, 0.3) is 0 Å². The maximum absolute atomic E-state index is 12.8. The number of rotatable bonds is 8. The minimum Gasteiger partial charge on any atom is -0.345 e. The molecule has 0 fully saturated rings. The van der Waals surface area contributed by atoms with E-state index >= 15 is 0 Å². The van der Waals surface area contributed by atoms with Crippen LogP contribution in [0.1, 0.15) is 33.9 Å². The van der Waals surface area contributed by atoms with Gasteiger partial charge in [0.1, 0.15) is 0 Å². The zero-order chi connectivity index (χ0) is 20.8. The molecule has 3 aromatic rings. The van der Waals surface area contributed by atoms with Gasteiger partial charge in [-0.3, -0.25) is 9.48 Å². The van der Waals surface area contributed by atoms with E-state index in [0.717, 1.165) is 24.1 Å². The van der Waals surface area contributed by atoms with E-state index in [1.54, 1.807) is 17.1 Å². The Bertz CT molecular complexity index is 936. The molecule has 0 aliphatic rings. The van der Waals surface area contributed by atoms with E-state index in [-0.39, 0.29) is 11.9 Å². The van der Waals surface area contributed by atoms with Crippen molar-refractivity contribution < 1.29 is 4.79 Å². The molecule has 3 rings (SSSR count). The molecule has 1 heterocycles. The third kappa shape index (κ3) is 6.32. The lowest BCUT2D eigenvalue weighted by Crippen LogP contribution is -2.31. The summed E-state index contributed by atoms with van der Waals surface area (Å²) in [7, 11) is 4.04. The van der Waals surface area contributed by atoms with E-state index in [9.17, 15) is 4.79 Å². The van der Waals surface area contributed by atoms with Gasteiger partial charge in [0.25, 0.3) is 5.91 Å². The Balaban J connectivity index is 1.68. The summed E-state index contributed by atoms with van der Waals surface area (Å²) < 4.78 is 1.76. The summed E-state index contributed by atoms with van der Waals surface area (Å²) in [5.74, 6) is -0.0996. The number of halogens is 2. The van der Waals surface area contributed by atoms with Crippen molar-refractivity contribution in [2.45, 2.75) is 19.0 Å². The predicted molar refractivity (Wildman–Crippen MR) is 118 cm³/mol. The lowest BCUT2D eigenvalue weighted by molar-refractivity contribution is 0.0932. The summed E-state index contributed by atoms with van der Waals surface area (Å²) in [5, 5.41) is 8.61. The summed E-state index contributed by atoms with van der Waals surface area (Å²) in [6.45, 7) is 1.46. The Kier molecular flexibility index (Phi) is 7.31. The van der Waals surface area contributed by atoms with Crippen molar-refractivity contribution in [3.63, 3.8) is 0 Å². The van der Waals surface area contributed by atoms with Crippen molar-refractivity contribution in [1.82, 2.24) is 20.0 Å². The lowest BCUT2D eigenvalue weighted by Gasteiger charge is -2.21. The van der Waals surface area contributed by atoms with Gasteiger partial charge in [-0.25, -0.2) is 0 Å². The van der Waals surface area contributed by atoms with Crippen LogP contribution in [0.5, 0.6) is 0 Å². The van der Waals surface area contributed by atoms with Gasteiger partial charge in [-0.05, 0) is 62.5 Å². The molecule has 0 radical (unpaired) electrons. The van der Waals surface area contributed by atoms with Crippen molar-refractivity contribution in [2.24, 2.45) is 0 Å². The molecule has 1 aromatic heterocycles. The van der Waals surface area contributed by atoms with E-state index < -0.39 is 0 Å². The Morgan fingerprint density at radius 1 is 1.07 bits per heavy atom. The Morgan fingerprint density at radius 2 is 1.76 bits per heavy atom. The number of amides is 1. The van der Waals surface area contributed by atoms with Gasteiger partial charge in [0.2, 0.25) is 0 Å². The number of hydrogen-bond donors (Lipinski definition) is 1. The molecule has 0 aliphatic heterocycles. The molecule has 0 spiro atoms. The second-order valence-corrected chi connectivity index (χ2v) is 8.10. The maximum atomic E-state index is 12.8. The third-order valence-corrected chi connectivity index (χ3v) is 5.05. The lowest BCUT2D eigenvalue weighted by atomic mass is 10.0. The van der Waals surface area contributed by atoms with Crippen molar-refractivity contribution >= 4 is 29.1 Å². The van der Waals surface area contributed by atoms with Gasteiger partial charge in [-0.1, -0.05) is 47.5 Å². The quantitative estimate of drug-likeness (QED) is 0.565. The standard InChI is InChI=1S/C22H24Cl2N4O/c1-27(2)12-11-21(17-7-9-19(23)10-8-17)26-22(29)18-5-3-16(4-6-18)14-28-15-20(24)13-25-28/h3-10,13,15,21H,11-12,14H2,1-2H3,(H,26,29). The highest BCUT2D eigenvalue weighted by Crippen LogP contribution is 2.20. The highest BCUT2D eigenvalue weighted by atomic mass is 35.5. The molecule has 0 bridgehead atoms. The molecular formula is C22H24Cl2N4O. The highest BCUT2D eigenvalue weighted by molar-refractivity contribution is 6.30. The van der Waals surface area contributed by atoms with Crippen LogP contribution in [0.15, 0.2) is 60.9 Å². The van der Waals surface area contributed by atoms with E-state index in [0.29, 0.717) is 22.2 Å². The van der Waals surface area contributed by atoms with Gasteiger partial charge in [0.05, 0.1) is 23.8 Å². The van der Waals surface area contributed by atoms with Crippen LogP contribution in [0, 0.1) is 0 Å². The van der Waals surface area contributed by atoms with E-state index in [1.165, 1.54) is 0 Å². The number of benzene rings is 2. The first-order valence-corrected chi connectivity index (χ1v) is 10.1. The zero-order valence-electron chi connectivity index (χ0n) is 16.5. The Morgan fingerprint density at radius 3 is 2.34 bits per heavy atom. The second kappa shape index (κ2) is 9.92. The number of carbonyl (C=O) groups is 1. The predicted octanol–water partition coefficient (Wildman–Crippen LogP) is 4.66. The summed E-state index contributed by atoms with van der Waals surface area (Å²) >= 11 is 11.9. The first-order chi connectivity index (χ1) is 13.9. The molecule has 152 valence electrons. The molecule has 5 nitrogen and oxygen atoms in total. The topological polar surface area (TPSA) is 50.2 Å². The molecule has 0 saturated heterocycles. The number of nitrogens with zero attached hydrogens (tertiary/aromatic N) is 3. The van der Waals surface area contributed by atoms with E-state index in [4.69, 9.17) is 23.2 Å². The summed E-state index contributed by atoms with van der Waals surface area (Å²) in [4.78, 5) is 14.9. The summed E-state index contributed by atoms with van der Waals surface area (Å²) in [6, 6.07) is 15.1. The molecule has 1 N–H and O–H groups in total. The van der Waals surface area contributed by atoms with Crippen LogP contribution in [0.3, 0.4) is 0 Å². The van der Waals surface area contributed by atoms with E-state index in [1.807, 2.05) is 62.6 Å². The number of hydrogen-bond acceptors (Lipinski definition) is 3. The Labute approximate surface area is 181 Å². The average molecular weight is 431 g/mol. The van der Waals surface area contributed by atoms with Gasteiger partial charge in [-0.15, -0.1) is 0 Å². The first kappa shape index (κ1) is 21.4. The second-order valence-electron chi connectivity index (χ2n) is 7.22. The van der Waals surface area contributed by atoms with Crippen molar-refractivity contribution in [1.29, 1.82) is 0 Å². The molecule has 0 saturated carbocycles. The minimum atomic E-state index is -0.0996. The summed E-state index contributed by atoms with van der Waals surface area (Å²) in [5.41, 5.74) is 2.70. The fraction of sp³-hybridized carbons (Fsp3) is 0.273. The molecule has 2 aromatic carbocycles. The van der Waals surface area contributed by atoms with Crippen LogP contribution in [0.4, 0.5) is 0 Å². The van der Waals surface area contributed by atoms with Gasteiger partial charge >= 0.3 is 0 Å². The van der Waals surface area contributed by atoms with Crippen LogP contribution in [-0.4, -0.2) is 41.2 Å². The monoisotopic (exact) mass is 430 g/mol. The maximum Gasteiger partial charge on any atom is 0.251 e. The Hall–Kier alpha value is -2.34. The van der Waals surface area contributed by atoms with Gasteiger partial charge in [0, 0.05) is 16.8 Å². The van der Waals surface area contributed by atoms with Gasteiger partial charge in [0.15, 0.2) is 0 Å². The zero-order valence-corrected chi connectivity index (χ0v) is 18.0. The van der Waals surface area contributed by atoms with E-state index in [2.05, 4.69) is 15.3 Å². The van der Waals surface area contributed by atoms with Crippen LogP contribution in [0.2, 0.25) is 10.0 Å². The van der Waals surface area contributed by atoms with Crippen molar-refractivity contribution in [3.8, 4) is 0 Å². The van der Waals surface area contributed by atoms with Crippen LogP contribution < -0.4 is 5.32 Å². The molecular weight excluding hydrogens is 407 g/mol. The normalized spacial score (nSPS) is 12.2. The SMILES string of the molecule is CN(C)CCC(NC(=O)c1ccc(Cn2cc(Cl)cn2)cc1)c1ccc(Cl)cc1. The molecule has 7 heteroatoms. The molecule has 29 heavy (non-hydrogen) atoms. The molecule has 1 atom stereocenters. The van der Waals surface area contributed by atoms with Crippen LogP contribution >= 0.6 is 23.2 Å². The molecule has 0 aliphatic carbocycles. The fourth-order valence-corrected chi connectivity index (χ4v) is 3.30. The highest BCUT2D eigenvalue weighted by Gasteiger charge is 2.16. The van der Waals surface area contributed by atoms with Crippen LogP contribution in [-0.2, 0) is 6.54 Å².